The largest absolute Gasteiger partial charge is 0.351 e. The molecule has 8 heteroatoms. The van der Waals surface area contributed by atoms with E-state index < -0.39 is 0 Å². The number of rotatable bonds is 4. The van der Waals surface area contributed by atoms with E-state index in [0.29, 0.717) is 23.0 Å². The lowest BCUT2D eigenvalue weighted by molar-refractivity contribution is 0.0949. The van der Waals surface area contributed by atoms with Crippen molar-refractivity contribution in [3.05, 3.63) is 22.1 Å². The summed E-state index contributed by atoms with van der Waals surface area (Å²) in [5.74, 6) is 0.404. The van der Waals surface area contributed by atoms with E-state index in [2.05, 4.69) is 24.8 Å². The maximum absolute atomic E-state index is 12.1. The van der Waals surface area contributed by atoms with Gasteiger partial charge in [0.25, 0.3) is 5.91 Å². The first-order valence-corrected chi connectivity index (χ1v) is 8.61. The molecule has 1 aliphatic rings. The van der Waals surface area contributed by atoms with Crippen molar-refractivity contribution < 1.29 is 4.79 Å². The molecule has 2 aromatic rings. The number of nitrogens with zero attached hydrogens (tertiary/aromatic N) is 4. The summed E-state index contributed by atoms with van der Waals surface area (Å²) in [5, 5.41) is 9.96. The van der Waals surface area contributed by atoms with Crippen molar-refractivity contribution in [1.29, 1.82) is 0 Å². The van der Waals surface area contributed by atoms with Crippen LogP contribution in [0.25, 0.3) is 0 Å². The molecule has 112 valence electrons. The van der Waals surface area contributed by atoms with Crippen LogP contribution < -0.4 is 10.2 Å². The highest BCUT2D eigenvalue weighted by atomic mass is 32.1. The summed E-state index contributed by atoms with van der Waals surface area (Å²) < 4.78 is 3.80. The molecule has 0 radical (unpaired) electrons. The van der Waals surface area contributed by atoms with E-state index in [0.717, 1.165) is 42.6 Å². The molecule has 0 saturated carbocycles. The van der Waals surface area contributed by atoms with Crippen LogP contribution in [0.1, 0.15) is 28.2 Å². The van der Waals surface area contributed by atoms with Crippen molar-refractivity contribution >= 4 is 33.9 Å². The van der Waals surface area contributed by atoms with E-state index in [1.807, 2.05) is 18.5 Å². The van der Waals surface area contributed by atoms with E-state index in [9.17, 15) is 4.79 Å². The SMILES string of the molecule is Cc1nnsc1C(=O)NCC1CCCN(c2nccs2)C1. The topological polar surface area (TPSA) is 71.0 Å². The second kappa shape index (κ2) is 6.48. The minimum Gasteiger partial charge on any atom is -0.351 e. The van der Waals surface area contributed by atoms with Gasteiger partial charge < -0.3 is 10.2 Å². The van der Waals surface area contributed by atoms with E-state index in [-0.39, 0.29) is 5.91 Å². The first kappa shape index (κ1) is 14.4. The van der Waals surface area contributed by atoms with E-state index in [1.165, 1.54) is 0 Å². The number of amides is 1. The number of carbonyl (C=O) groups is 1. The molecular weight excluding hydrogens is 306 g/mol. The summed E-state index contributed by atoms with van der Waals surface area (Å²) in [6.45, 7) is 4.50. The number of carbonyl (C=O) groups excluding carboxylic acids is 1. The average molecular weight is 323 g/mol. The summed E-state index contributed by atoms with van der Waals surface area (Å²) in [4.78, 5) is 19.4. The predicted molar refractivity (Wildman–Crippen MR) is 84.0 cm³/mol. The summed E-state index contributed by atoms with van der Waals surface area (Å²) in [7, 11) is 0. The molecule has 0 aliphatic carbocycles. The van der Waals surface area contributed by atoms with Crippen molar-refractivity contribution in [1.82, 2.24) is 19.9 Å². The molecule has 1 N–H and O–H groups in total. The number of aromatic nitrogens is 3. The van der Waals surface area contributed by atoms with Gasteiger partial charge >= 0.3 is 0 Å². The monoisotopic (exact) mass is 323 g/mol. The third-order valence-corrected chi connectivity index (χ3v) is 5.28. The lowest BCUT2D eigenvalue weighted by atomic mass is 9.98. The smallest absolute Gasteiger partial charge is 0.264 e. The summed E-state index contributed by atoms with van der Waals surface area (Å²) in [5.41, 5.74) is 0.700. The van der Waals surface area contributed by atoms with E-state index in [1.54, 1.807) is 11.3 Å². The fourth-order valence-corrected chi connectivity index (χ4v) is 3.79. The Hall–Kier alpha value is -1.54. The zero-order valence-electron chi connectivity index (χ0n) is 11.8. The third-order valence-electron chi connectivity index (χ3n) is 3.62. The Kier molecular flexibility index (Phi) is 4.45. The Morgan fingerprint density at radius 1 is 1.57 bits per heavy atom. The average Bonchev–Trinajstić information content (AvgIpc) is 3.16. The fraction of sp³-hybridized carbons (Fsp3) is 0.538. The Balaban J connectivity index is 1.53. The molecule has 2 aromatic heterocycles. The van der Waals surface area contributed by atoms with Crippen molar-refractivity contribution in [2.45, 2.75) is 19.8 Å². The summed E-state index contributed by atoms with van der Waals surface area (Å²) >= 11 is 2.82. The minimum atomic E-state index is -0.0612. The van der Waals surface area contributed by atoms with Gasteiger partial charge in [-0.1, -0.05) is 4.49 Å². The quantitative estimate of drug-likeness (QED) is 0.931. The normalized spacial score (nSPS) is 18.7. The summed E-state index contributed by atoms with van der Waals surface area (Å²) in [6.07, 6.45) is 4.12. The van der Waals surface area contributed by atoms with Gasteiger partial charge in [-0.05, 0) is 37.2 Å². The Labute approximate surface area is 131 Å². The molecule has 0 aromatic carbocycles. The summed E-state index contributed by atoms with van der Waals surface area (Å²) in [6, 6.07) is 0. The lowest BCUT2D eigenvalue weighted by Gasteiger charge is -2.32. The molecule has 1 atom stereocenters. The molecule has 1 fully saturated rings. The molecule has 1 aliphatic heterocycles. The van der Waals surface area contributed by atoms with Gasteiger partial charge in [0.2, 0.25) is 0 Å². The van der Waals surface area contributed by atoms with Gasteiger partial charge in [-0.2, -0.15) is 0 Å². The fourth-order valence-electron chi connectivity index (χ4n) is 2.53. The van der Waals surface area contributed by atoms with Gasteiger partial charge in [-0.15, -0.1) is 16.4 Å². The number of hydrogen-bond donors (Lipinski definition) is 1. The van der Waals surface area contributed by atoms with Gasteiger partial charge in [0.1, 0.15) is 4.88 Å². The van der Waals surface area contributed by atoms with Gasteiger partial charge in [-0.3, -0.25) is 4.79 Å². The standard InChI is InChI=1S/C13H17N5OS2/c1-9-11(21-17-16-9)12(19)15-7-10-3-2-5-18(8-10)13-14-4-6-20-13/h4,6,10H,2-3,5,7-8H2,1H3,(H,15,19). The number of nitrogens with one attached hydrogen (secondary N) is 1. The first-order chi connectivity index (χ1) is 10.2. The van der Waals surface area contributed by atoms with Crippen LogP contribution in [0.4, 0.5) is 5.13 Å². The van der Waals surface area contributed by atoms with Gasteiger partial charge in [0, 0.05) is 31.2 Å². The number of piperidine rings is 1. The van der Waals surface area contributed by atoms with Crippen LogP contribution in [-0.2, 0) is 0 Å². The van der Waals surface area contributed by atoms with Gasteiger partial charge in [-0.25, -0.2) is 4.98 Å². The maximum atomic E-state index is 12.1. The lowest BCUT2D eigenvalue weighted by Crippen LogP contribution is -2.41. The molecule has 6 nitrogen and oxygen atoms in total. The Morgan fingerprint density at radius 3 is 3.19 bits per heavy atom. The molecule has 1 amide bonds. The van der Waals surface area contributed by atoms with Crippen molar-refractivity contribution in [3.63, 3.8) is 0 Å². The molecule has 1 saturated heterocycles. The van der Waals surface area contributed by atoms with Crippen LogP contribution in [0.5, 0.6) is 0 Å². The van der Waals surface area contributed by atoms with Crippen molar-refractivity contribution in [2.24, 2.45) is 5.92 Å². The Morgan fingerprint density at radius 2 is 2.48 bits per heavy atom. The number of hydrogen-bond acceptors (Lipinski definition) is 7. The van der Waals surface area contributed by atoms with Crippen molar-refractivity contribution in [3.8, 4) is 0 Å². The van der Waals surface area contributed by atoms with Crippen LogP contribution in [0.2, 0.25) is 0 Å². The third kappa shape index (κ3) is 3.38. The molecule has 0 bridgehead atoms. The molecular formula is C13H17N5OS2. The molecule has 21 heavy (non-hydrogen) atoms. The zero-order chi connectivity index (χ0) is 14.7. The second-order valence-electron chi connectivity index (χ2n) is 5.17. The van der Waals surface area contributed by atoms with E-state index >= 15 is 0 Å². The highest BCUT2D eigenvalue weighted by molar-refractivity contribution is 7.13. The van der Waals surface area contributed by atoms with Gasteiger partial charge in [0.15, 0.2) is 5.13 Å². The highest BCUT2D eigenvalue weighted by Crippen LogP contribution is 2.24. The second-order valence-corrected chi connectivity index (χ2v) is 6.79. The molecule has 0 spiro atoms. The molecule has 1 unspecified atom stereocenters. The zero-order valence-corrected chi connectivity index (χ0v) is 13.4. The van der Waals surface area contributed by atoms with Crippen LogP contribution in [0.3, 0.4) is 0 Å². The number of thiazole rings is 1. The molecule has 3 rings (SSSR count). The number of anilines is 1. The van der Waals surface area contributed by atoms with Crippen molar-refractivity contribution in [2.75, 3.05) is 24.5 Å². The predicted octanol–water partition coefficient (Wildman–Crippen LogP) is 1.95. The minimum absolute atomic E-state index is 0.0612. The molecule has 3 heterocycles. The van der Waals surface area contributed by atoms with E-state index in [4.69, 9.17) is 0 Å². The van der Waals surface area contributed by atoms with Gasteiger partial charge in [0.05, 0.1) is 5.69 Å². The maximum Gasteiger partial charge on any atom is 0.264 e. The van der Waals surface area contributed by atoms with Crippen LogP contribution in [-0.4, -0.2) is 40.1 Å². The Bertz CT molecular complexity index is 597. The van der Waals surface area contributed by atoms with Crippen LogP contribution in [0, 0.1) is 12.8 Å². The first-order valence-electron chi connectivity index (χ1n) is 6.95. The van der Waals surface area contributed by atoms with Crippen LogP contribution >= 0.6 is 22.9 Å². The number of aryl methyl sites for hydroxylation is 1. The highest BCUT2D eigenvalue weighted by Gasteiger charge is 2.22. The van der Waals surface area contributed by atoms with Crippen LogP contribution in [0.15, 0.2) is 11.6 Å².